The van der Waals surface area contributed by atoms with Gasteiger partial charge in [0.1, 0.15) is 17.3 Å². The van der Waals surface area contributed by atoms with Gasteiger partial charge in [0.05, 0.1) is 0 Å². The van der Waals surface area contributed by atoms with E-state index in [0.29, 0.717) is 16.6 Å². The molecule has 0 aliphatic carbocycles. The quantitative estimate of drug-likeness (QED) is 0.663. The van der Waals surface area contributed by atoms with Crippen molar-refractivity contribution >= 4 is 15.9 Å². The fourth-order valence-corrected chi connectivity index (χ4v) is 2.45. The molecule has 3 heteroatoms. The van der Waals surface area contributed by atoms with Gasteiger partial charge in [0.15, 0.2) is 0 Å². The van der Waals surface area contributed by atoms with Gasteiger partial charge in [-0.2, -0.15) is 0 Å². The Morgan fingerprint density at radius 2 is 1.84 bits per heavy atom. The van der Waals surface area contributed by atoms with Gasteiger partial charge in [-0.1, -0.05) is 47.5 Å². The van der Waals surface area contributed by atoms with Crippen molar-refractivity contribution in [2.45, 2.75) is 25.1 Å². The Morgan fingerprint density at radius 3 is 2.47 bits per heavy atom. The van der Waals surface area contributed by atoms with E-state index in [4.69, 9.17) is 4.74 Å². The minimum atomic E-state index is -0.253. The molecular formula is C16H16BrFO. The summed E-state index contributed by atoms with van der Waals surface area (Å²) >= 11 is 3.28. The number of hydrogen-bond acceptors (Lipinski definition) is 1. The maximum absolute atomic E-state index is 13.6. The standard InChI is InChI=1S/C16H16BrFO/c1-2-4-12-7-9-13(10-8-12)19-16-6-3-5-15(18)14(16)11-17/h3,5-10H,2,4,11H2,1H3. The summed E-state index contributed by atoms with van der Waals surface area (Å²) in [5, 5.41) is 0.433. The number of ether oxygens (including phenoxy) is 1. The lowest BCUT2D eigenvalue weighted by molar-refractivity contribution is 0.470. The van der Waals surface area contributed by atoms with Gasteiger partial charge in [0, 0.05) is 10.9 Å². The van der Waals surface area contributed by atoms with Crippen molar-refractivity contribution in [2.24, 2.45) is 0 Å². The van der Waals surface area contributed by atoms with Gasteiger partial charge in [0.2, 0.25) is 0 Å². The van der Waals surface area contributed by atoms with E-state index in [1.807, 2.05) is 24.3 Å². The minimum Gasteiger partial charge on any atom is -0.457 e. The molecule has 0 saturated carbocycles. The lowest BCUT2D eigenvalue weighted by Gasteiger charge is -2.10. The molecule has 0 aliphatic rings. The summed E-state index contributed by atoms with van der Waals surface area (Å²) in [7, 11) is 0. The molecule has 0 atom stereocenters. The minimum absolute atomic E-state index is 0.253. The van der Waals surface area contributed by atoms with E-state index in [1.165, 1.54) is 11.6 Å². The molecular weight excluding hydrogens is 307 g/mol. The van der Waals surface area contributed by atoms with E-state index in [1.54, 1.807) is 12.1 Å². The highest BCUT2D eigenvalue weighted by Gasteiger charge is 2.09. The van der Waals surface area contributed by atoms with Crippen molar-refractivity contribution in [1.29, 1.82) is 0 Å². The Balaban J connectivity index is 2.19. The van der Waals surface area contributed by atoms with Crippen molar-refractivity contribution in [3.63, 3.8) is 0 Å². The lowest BCUT2D eigenvalue weighted by atomic mass is 10.1. The molecule has 2 aromatic carbocycles. The van der Waals surface area contributed by atoms with E-state index in [2.05, 4.69) is 22.9 Å². The number of hydrogen-bond donors (Lipinski definition) is 0. The molecule has 0 amide bonds. The second-order valence-electron chi connectivity index (χ2n) is 4.35. The van der Waals surface area contributed by atoms with Crippen molar-refractivity contribution in [1.82, 2.24) is 0 Å². The van der Waals surface area contributed by atoms with Crippen molar-refractivity contribution in [3.8, 4) is 11.5 Å². The molecule has 0 radical (unpaired) electrons. The number of halogens is 2. The van der Waals surface area contributed by atoms with E-state index >= 15 is 0 Å². The molecule has 0 unspecified atom stereocenters. The van der Waals surface area contributed by atoms with Gasteiger partial charge in [-0.3, -0.25) is 0 Å². The highest BCUT2D eigenvalue weighted by Crippen LogP contribution is 2.29. The first kappa shape index (κ1) is 14.1. The predicted octanol–water partition coefficient (Wildman–Crippen LogP) is 5.47. The summed E-state index contributed by atoms with van der Waals surface area (Å²) in [6, 6.07) is 12.8. The first-order chi connectivity index (χ1) is 9.24. The average molecular weight is 323 g/mol. The Hall–Kier alpha value is -1.35. The van der Waals surface area contributed by atoms with Gasteiger partial charge in [-0.05, 0) is 36.2 Å². The summed E-state index contributed by atoms with van der Waals surface area (Å²) < 4.78 is 19.4. The third kappa shape index (κ3) is 3.57. The molecule has 0 saturated heterocycles. The van der Waals surface area contributed by atoms with Crippen molar-refractivity contribution in [3.05, 3.63) is 59.4 Å². The van der Waals surface area contributed by atoms with E-state index in [9.17, 15) is 4.39 Å². The lowest BCUT2D eigenvalue weighted by Crippen LogP contribution is -1.93. The average Bonchev–Trinajstić information content (AvgIpc) is 2.42. The summed E-state index contributed by atoms with van der Waals surface area (Å²) in [5.74, 6) is 1.03. The molecule has 0 N–H and O–H groups in total. The summed E-state index contributed by atoms with van der Waals surface area (Å²) in [4.78, 5) is 0. The SMILES string of the molecule is CCCc1ccc(Oc2cccc(F)c2CBr)cc1. The first-order valence-corrected chi connectivity index (χ1v) is 7.47. The molecule has 0 spiro atoms. The largest absolute Gasteiger partial charge is 0.457 e. The molecule has 19 heavy (non-hydrogen) atoms. The van der Waals surface area contributed by atoms with Crippen LogP contribution >= 0.6 is 15.9 Å². The molecule has 0 bridgehead atoms. The Bertz CT molecular complexity index is 537. The van der Waals surface area contributed by atoms with Crippen LogP contribution in [0.25, 0.3) is 0 Å². The molecule has 0 aromatic heterocycles. The van der Waals surface area contributed by atoms with Crippen LogP contribution in [-0.2, 0) is 11.8 Å². The maximum atomic E-state index is 13.6. The maximum Gasteiger partial charge on any atom is 0.134 e. The van der Waals surface area contributed by atoms with Crippen LogP contribution in [0.3, 0.4) is 0 Å². The molecule has 0 fully saturated rings. The number of rotatable bonds is 5. The predicted molar refractivity (Wildman–Crippen MR) is 79.5 cm³/mol. The highest BCUT2D eigenvalue weighted by molar-refractivity contribution is 9.08. The van der Waals surface area contributed by atoms with Gasteiger partial charge < -0.3 is 4.74 Å². The molecule has 2 aromatic rings. The second-order valence-corrected chi connectivity index (χ2v) is 4.91. The van der Waals surface area contributed by atoms with Crippen LogP contribution < -0.4 is 4.74 Å². The third-order valence-corrected chi connectivity index (χ3v) is 3.46. The van der Waals surface area contributed by atoms with Crippen LogP contribution in [0.15, 0.2) is 42.5 Å². The van der Waals surface area contributed by atoms with E-state index in [-0.39, 0.29) is 5.82 Å². The fourth-order valence-electron chi connectivity index (χ4n) is 1.90. The monoisotopic (exact) mass is 322 g/mol. The van der Waals surface area contributed by atoms with Crippen LogP contribution in [0.5, 0.6) is 11.5 Å². The Labute approximate surface area is 121 Å². The van der Waals surface area contributed by atoms with Crippen LogP contribution in [0.1, 0.15) is 24.5 Å². The molecule has 2 rings (SSSR count). The van der Waals surface area contributed by atoms with Gasteiger partial charge in [-0.25, -0.2) is 4.39 Å². The number of aryl methyl sites for hydroxylation is 1. The van der Waals surface area contributed by atoms with Crippen LogP contribution in [-0.4, -0.2) is 0 Å². The zero-order valence-corrected chi connectivity index (χ0v) is 12.4. The molecule has 0 aliphatic heterocycles. The van der Waals surface area contributed by atoms with Crippen molar-refractivity contribution < 1.29 is 9.13 Å². The Kier molecular flexibility index (Phi) is 4.97. The van der Waals surface area contributed by atoms with E-state index in [0.717, 1.165) is 18.6 Å². The summed E-state index contributed by atoms with van der Waals surface area (Å²) in [6.45, 7) is 2.15. The van der Waals surface area contributed by atoms with Gasteiger partial charge in [0.25, 0.3) is 0 Å². The van der Waals surface area contributed by atoms with Crippen LogP contribution in [0.4, 0.5) is 4.39 Å². The fraction of sp³-hybridized carbons (Fsp3) is 0.250. The third-order valence-electron chi connectivity index (χ3n) is 2.90. The van der Waals surface area contributed by atoms with Gasteiger partial charge >= 0.3 is 0 Å². The topological polar surface area (TPSA) is 9.23 Å². The zero-order valence-electron chi connectivity index (χ0n) is 10.8. The summed E-state index contributed by atoms with van der Waals surface area (Å²) in [6.07, 6.45) is 2.19. The first-order valence-electron chi connectivity index (χ1n) is 6.34. The molecule has 100 valence electrons. The number of benzene rings is 2. The smallest absolute Gasteiger partial charge is 0.134 e. The second kappa shape index (κ2) is 6.71. The molecule has 1 nitrogen and oxygen atoms in total. The highest BCUT2D eigenvalue weighted by atomic mass is 79.9. The summed E-state index contributed by atoms with van der Waals surface area (Å²) in [5.41, 5.74) is 1.83. The zero-order chi connectivity index (χ0) is 13.7. The van der Waals surface area contributed by atoms with Crippen molar-refractivity contribution in [2.75, 3.05) is 0 Å². The van der Waals surface area contributed by atoms with Crippen LogP contribution in [0, 0.1) is 5.82 Å². The normalized spacial score (nSPS) is 10.5. The van der Waals surface area contributed by atoms with Crippen LogP contribution in [0.2, 0.25) is 0 Å². The van der Waals surface area contributed by atoms with E-state index < -0.39 is 0 Å². The van der Waals surface area contributed by atoms with Gasteiger partial charge in [-0.15, -0.1) is 0 Å². The Morgan fingerprint density at radius 1 is 1.11 bits per heavy atom. The number of alkyl halides is 1. The molecule has 0 heterocycles.